The zero-order valence-electron chi connectivity index (χ0n) is 23.2. The number of hydrogen-bond donors (Lipinski definition) is 2. The lowest BCUT2D eigenvalue weighted by Gasteiger charge is -2.37. The first kappa shape index (κ1) is 31.4. The van der Waals surface area contributed by atoms with E-state index in [2.05, 4.69) is 49.5 Å². The van der Waals surface area contributed by atoms with Crippen LogP contribution in [0.5, 0.6) is 0 Å². The molecule has 1 atom stereocenters. The Morgan fingerprint density at radius 1 is 1.11 bits per heavy atom. The highest BCUT2D eigenvalue weighted by Gasteiger charge is 2.38. The van der Waals surface area contributed by atoms with Gasteiger partial charge in [0.25, 0.3) is 5.91 Å². The second kappa shape index (κ2) is 14.4. The summed E-state index contributed by atoms with van der Waals surface area (Å²) in [6, 6.07) is 6.42. The first-order valence-electron chi connectivity index (χ1n) is 12.3. The van der Waals surface area contributed by atoms with Crippen molar-refractivity contribution >= 4 is 37.6 Å². The van der Waals surface area contributed by atoms with Crippen LogP contribution in [0.15, 0.2) is 29.6 Å². The van der Waals surface area contributed by atoms with Crippen molar-refractivity contribution in [2.75, 3.05) is 34.0 Å². The van der Waals surface area contributed by atoms with Crippen molar-refractivity contribution in [3.8, 4) is 10.6 Å². The number of carbonyl (C=O) groups excluding carboxylic acids is 3. The van der Waals surface area contributed by atoms with E-state index in [9.17, 15) is 14.4 Å². The minimum atomic E-state index is -2.13. The molecule has 12 heteroatoms. The minimum absolute atomic E-state index is 0.0284. The molecule has 210 valence electrons. The summed E-state index contributed by atoms with van der Waals surface area (Å²) >= 11 is 1.31. The molecule has 0 aliphatic carbocycles. The summed E-state index contributed by atoms with van der Waals surface area (Å²) < 4.78 is 21.2. The summed E-state index contributed by atoms with van der Waals surface area (Å²) in [5.74, 6) is -1.06. The Morgan fingerprint density at radius 3 is 2.39 bits per heavy atom. The van der Waals surface area contributed by atoms with Crippen LogP contribution in [0.2, 0.25) is 18.1 Å². The summed E-state index contributed by atoms with van der Waals surface area (Å²) in [6.07, 6.45) is 0.225. The van der Waals surface area contributed by atoms with E-state index in [-0.39, 0.29) is 23.9 Å². The molecule has 0 fully saturated rings. The van der Waals surface area contributed by atoms with Crippen LogP contribution in [0.1, 0.15) is 43.2 Å². The van der Waals surface area contributed by atoms with Crippen molar-refractivity contribution in [2.24, 2.45) is 0 Å². The normalized spacial score (nSPS) is 12.5. The van der Waals surface area contributed by atoms with E-state index in [1.54, 1.807) is 12.5 Å². The van der Waals surface area contributed by atoms with Gasteiger partial charge < -0.3 is 29.3 Å². The Labute approximate surface area is 229 Å². The van der Waals surface area contributed by atoms with Crippen molar-refractivity contribution < 1.29 is 33.0 Å². The highest BCUT2D eigenvalue weighted by molar-refractivity contribution is 7.13. The van der Waals surface area contributed by atoms with E-state index in [0.717, 1.165) is 11.1 Å². The maximum atomic E-state index is 12.9. The number of amides is 2. The molecule has 0 saturated heterocycles. The maximum Gasteiger partial charge on any atom is 0.407 e. The molecule has 2 rings (SSSR count). The molecule has 0 radical (unpaired) electrons. The number of aromatic nitrogens is 1. The second-order valence-corrected chi connectivity index (χ2v) is 15.9. The molecule has 0 bridgehead atoms. The standard InChI is InChI=1S/C26H39N3O7SSi/c1-26(2,3)38(6,7)36-16-20(24(31)34-5)28-22(30)21-17-37-23(29-21)19-11-9-18(10-12-19)15-35-25(32)27-13-8-14-33-4/h9-12,17,20H,8,13-16H2,1-7H3,(H,27,32)(H,28,30)/t20-/m0/s1. The second-order valence-electron chi connectivity index (χ2n) is 10.2. The molecule has 0 unspecified atom stereocenters. The van der Waals surface area contributed by atoms with Gasteiger partial charge in [0, 0.05) is 31.2 Å². The molecule has 0 aliphatic rings. The van der Waals surface area contributed by atoms with Gasteiger partial charge in [-0.05, 0) is 30.1 Å². The lowest BCUT2D eigenvalue weighted by atomic mass is 10.1. The molecule has 2 aromatic rings. The number of thiazole rings is 1. The number of nitrogens with one attached hydrogen (secondary N) is 2. The maximum absolute atomic E-state index is 12.9. The number of ether oxygens (including phenoxy) is 3. The predicted molar refractivity (Wildman–Crippen MR) is 149 cm³/mol. The van der Waals surface area contributed by atoms with Crippen molar-refractivity contribution in [2.45, 2.75) is 58.0 Å². The number of rotatable bonds is 13. The van der Waals surface area contributed by atoms with E-state index in [1.807, 2.05) is 24.3 Å². The van der Waals surface area contributed by atoms with Gasteiger partial charge in [-0.2, -0.15) is 0 Å². The molecule has 10 nitrogen and oxygen atoms in total. The van der Waals surface area contributed by atoms with Crippen LogP contribution in [0, 0.1) is 0 Å². The Kier molecular flexibility index (Phi) is 11.9. The fourth-order valence-corrected chi connectivity index (χ4v) is 4.73. The third-order valence-electron chi connectivity index (χ3n) is 6.31. The Morgan fingerprint density at radius 2 is 1.79 bits per heavy atom. The average molecular weight is 566 g/mol. The Hall–Kier alpha value is -2.80. The molecule has 0 aliphatic heterocycles. The molecule has 2 N–H and O–H groups in total. The fourth-order valence-electron chi connectivity index (χ4n) is 2.91. The van der Waals surface area contributed by atoms with Crippen LogP contribution >= 0.6 is 11.3 Å². The Bertz CT molecular complexity index is 1070. The van der Waals surface area contributed by atoms with Gasteiger partial charge in [0.15, 0.2) is 8.32 Å². The summed E-state index contributed by atoms with van der Waals surface area (Å²) in [6.45, 7) is 11.7. The summed E-state index contributed by atoms with van der Waals surface area (Å²) in [7, 11) is 0.753. The molecule has 38 heavy (non-hydrogen) atoms. The number of alkyl carbamates (subject to hydrolysis) is 1. The number of hydrogen-bond acceptors (Lipinski definition) is 9. The predicted octanol–water partition coefficient (Wildman–Crippen LogP) is 4.37. The third-order valence-corrected chi connectivity index (χ3v) is 11.7. The molecular formula is C26H39N3O7SSi. The third kappa shape index (κ3) is 9.50. The van der Waals surface area contributed by atoms with Crippen molar-refractivity contribution in [3.63, 3.8) is 0 Å². The summed E-state index contributed by atoms with van der Waals surface area (Å²) in [5, 5.41) is 7.60. The zero-order chi connectivity index (χ0) is 28.3. The summed E-state index contributed by atoms with van der Waals surface area (Å²) in [4.78, 5) is 41.4. The molecule has 0 spiro atoms. The van der Waals surface area contributed by atoms with Gasteiger partial charge in [0.05, 0.1) is 13.7 Å². The van der Waals surface area contributed by atoms with Crippen LogP contribution < -0.4 is 10.6 Å². The highest BCUT2D eigenvalue weighted by atomic mass is 32.1. The largest absolute Gasteiger partial charge is 0.467 e. The van der Waals surface area contributed by atoms with Crippen molar-refractivity contribution in [3.05, 3.63) is 40.9 Å². The molecule has 1 aromatic heterocycles. The van der Waals surface area contributed by atoms with Gasteiger partial charge in [0.2, 0.25) is 0 Å². The van der Waals surface area contributed by atoms with Crippen molar-refractivity contribution in [1.82, 2.24) is 15.6 Å². The van der Waals surface area contributed by atoms with Crippen LogP contribution in [0.3, 0.4) is 0 Å². The van der Waals surface area contributed by atoms with Gasteiger partial charge in [-0.1, -0.05) is 45.0 Å². The smallest absolute Gasteiger partial charge is 0.407 e. The molecule has 1 aromatic carbocycles. The van der Waals surface area contributed by atoms with Crippen LogP contribution in [0.25, 0.3) is 10.6 Å². The van der Waals surface area contributed by atoms with E-state index in [0.29, 0.717) is 24.6 Å². The highest BCUT2D eigenvalue weighted by Crippen LogP contribution is 2.36. The van der Waals surface area contributed by atoms with E-state index >= 15 is 0 Å². The first-order valence-corrected chi connectivity index (χ1v) is 16.1. The monoisotopic (exact) mass is 565 g/mol. The number of benzene rings is 1. The van der Waals surface area contributed by atoms with Crippen LogP contribution in [-0.2, 0) is 30.0 Å². The van der Waals surface area contributed by atoms with Gasteiger partial charge in [0.1, 0.15) is 23.4 Å². The average Bonchev–Trinajstić information content (AvgIpc) is 3.37. The van der Waals surface area contributed by atoms with E-state index in [1.165, 1.54) is 18.4 Å². The summed E-state index contributed by atoms with van der Waals surface area (Å²) in [5.41, 5.74) is 1.83. The number of methoxy groups -OCH3 is 2. The molecule has 0 saturated carbocycles. The number of carbonyl (C=O) groups is 3. The lowest BCUT2D eigenvalue weighted by molar-refractivity contribution is -0.143. The van der Waals surface area contributed by atoms with E-state index in [4.69, 9.17) is 18.6 Å². The fraction of sp³-hybridized carbons (Fsp3) is 0.538. The van der Waals surface area contributed by atoms with Gasteiger partial charge >= 0.3 is 12.1 Å². The minimum Gasteiger partial charge on any atom is -0.467 e. The quantitative estimate of drug-likeness (QED) is 0.208. The first-order chi connectivity index (χ1) is 17.9. The molecule has 1 heterocycles. The SMILES string of the molecule is COCCCNC(=O)OCc1ccc(-c2nc(C(=O)N[C@@H](CO[Si](C)(C)C(C)(C)C)C(=O)OC)cs2)cc1. The molecule has 2 amide bonds. The van der Waals surface area contributed by atoms with Crippen molar-refractivity contribution in [1.29, 1.82) is 0 Å². The van der Waals surface area contributed by atoms with Gasteiger partial charge in [-0.3, -0.25) is 4.79 Å². The van der Waals surface area contributed by atoms with Gasteiger partial charge in [-0.15, -0.1) is 11.3 Å². The topological polar surface area (TPSA) is 125 Å². The Balaban J connectivity index is 1.96. The lowest BCUT2D eigenvalue weighted by Crippen LogP contribution is -2.49. The van der Waals surface area contributed by atoms with E-state index < -0.39 is 32.3 Å². The van der Waals surface area contributed by atoms with Crippen LogP contribution in [0.4, 0.5) is 4.79 Å². The number of nitrogens with zero attached hydrogens (tertiary/aromatic N) is 1. The zero-order valence-corrected chi connectivity index (χ0v) is 25.0. The van der Waals surface area contributed by atoms with Crippen LogP contribution in [-0.4, -0.2) is 71.3 Å². The molecular weight excluding hydrogens is 526 g/mol. The number of esters is 1. The van der Waals surface area contributed by atoms with Gasteiger partial charge in [-0.25, -0.2) is 14.6 Å².